The Labute approximate surface area is 72.2 Å². The number of halogens is 1. The molecule has 1 N–H and O–H groups in total. The van der Waals surface area contributed by atoms with Crippen molar-refractivity contribution >= 4 is 28.6 Å². The predicted octanol–water partition coefficient (Wildman–Crippen LogP) is 1.73. The molecule has 0 unspecified atom stereocenters. The number of hydrogen-bond donors (Lipinski definition) is 2. The van der Waals surface area contributed by atoms with Crippen molar-refractivity contribution in [2.75, 3.05) is 0 Å². The zero-order valence-corrected chi connectivity index (χ0v) is 7.79. The SMILES string of the molecule is Cc1c(S)c[nH]c(=O)c1Br. The number of rotatable bonds is 0. The maximum Gasteiger partial charge on any atom is 0.262 e. The number of nitrogens with one attached hydrogen (secondary N) is 1. The van der Waals surface area contributed by atoms with Crippen LogP contribution in [0.25, 0.3) is 0 Å². The minimum absolute atomic E-state index is 0.115. The van der Waals surface area contributed by atoms with Gasteiger partial charge in [0.2, 0.25) is 0 Å². The van der Waals surface area contributed by atoms with Crippen molar-refractivity contribution in [3.05, 3.63) is 26.6 Å². The number of pyridine rings is 1. The fraction of sp³-hybridized carbons (Fsp3) is 0.167. The molecule has 1 aromatic rings. The molecule has 0 atom stereocenters. The molecule has 0 aliphatic carbocycles. The third kappa shape index (κ3) is 1.27. The molecule has 0 aliphatic rings. The van der Waals surface area contributed by atoms with Crippen LogP contribution < -0.4 is 5.56 Å². The van der Waals surface area contributed by atoms with Gasteiger partial charge in [-0.1, -0.05) is 0 Å². The molecule has 0 fully saturated rings. The number of thiol groups is 1. The largest absolute Gasteiger partial charge is 0.327 e. The summed E-state index contributed by atoms with van der Waals surface area (Å²) in [7, 11) is 0. The van der Waals surface area contributed by atoms with Crippen molar-refractivity contribution < 1.29 is 0 Å². The quantitative estimate of drug-likeness (QED) is 0.641. The van der Waals surface area contributed by atoms with Gasteiger partial charge in [0.1, 0.15) is 0 Å². The summed E-state index contributed by atoms with van der Waals surface area (Å²) >= 11 is 7.25. The van der Waals surface area contributed by atoms with E-state index in [0.717, 1.165) is 10.5 Å². The van der Waals surface area contributed by atoms with E-state index in [4.69, 9.17) is 0 Å². The number of aromatic nitrogens is 1. The second-order valence-corrected chi connectivity index (χ2v) is 3.22. The first kappa shape index (κ1) is 7.88. The first-order valence-corrected chi connectivity index (χ1v) is 3.93. The van der Waals surface area contributed by atoms with Gasteiger partial charge in [-0.25, -0.2) is 0 Å². The summed E-state index contributed by atoms with van der Waals surface area (Å²) in [5, 5.41) is 0. The summed E-state index contributed by atoms with van der Waals surface area (Å²) in [6.07, 6.45) is 1.57. The van der Waals surface area contributed by atoms with E-state index in [1.807, 2.05) is 6.92 Å². The van der Waals surface area contributed by atoms with Crippen LogP contribution >= 0.6 is 28.6 Å². The molecule has 0 radical (unpaired) electrons. The Hall–Kier alpha value is -0.220. The van der Waals surface area contributed by atoms with E-state index in [1.165, 1.54) is 0 Å². The van der Waals surface area contributed by atoms with Gasteiger partial charge in [-0.2, -0.15) is 0 Å². The Morgan fingerprint density at radius 1 is 1.70 bits per heavy atom. The average molecular weight is 220 g/mol. The topological polar surface area (TPSA) is 32.9 Å². The van der Waals surface area contributed by atoms with Crippen molar-refractivity contribution in [2.24, 2.45) is 0 Å². The second kappa shape index (κ2) is 2.80. The summed E-state index contributed by atoms with van der Waals surface area (Å²) < 4.78 is 0.556. The summed E-state index contributed by atoms with van der Waals surface area (Å²) in [6.45, 7) is 1.83. The first-order valence-electron chi connectivity index (χ1n) is 2.69. The van der Waals surface area contributed by atoms with E-state index in [0.29, 0.717) is 4.47 Å². The molecule has 1 heterocycles. The highest BCUT2D eigenvalue weighted by Gasteiger charge is 2.01. The van der Waals surface area contributed by atoms with Crippen LogP contribution in [0.1, 0.15) is 5.56 Å². The molecule has 4 heteroatoms. The number of hydrogen-bond acceptors (Lipinski definition) is 2. The molecule has 0 aliphatic heterocycles. The Kier molecular flexibility index (Phi) is 2.21. The first-order chi connectivity index (χ1) is 4.63. The summed E-state index contributed by atoms with van der Waals surface area (Å²) in [5.41, 5.74) is 0.752. The Morgan fingerprint density at radius 2 is 2.30 bits per heavy atom. The van der Waals surface area contributed by atoms with Crippen molar-refractivity contribution in [3.63, 3.8) is 0 Å². The van der Waals surface area contributed by atoms with E-state index in [9.17, 15) is 4.79 Å². The Bertz CT molecular complexity index is 307. The van der Waals surface area contributed by atoms with E-state index in [1.54, 1.807) is 6.20 Å². The maximum absolute atomic E-state index is 10.9. The van der Waals surface area contributed by atoms with Crippen LogP contribution in [0, 0.1) is 6.92 Å². The molecule has 0 amide bonds. The summed E-state index contributed by atoms with van der Waals surface area (Å²) in [5.74, 6) is 0. The van der Waals surface area contributed by atoms with Crippen LogP contribution in [-0.4, -0.2) is 4.98 Å². The molecular weight excluding hydrogens is 214 g/mol. The smallest absolute Gasteiger partial charge is 0.262 e. The average Bonchev–Trinajstić information content (AvgIpc) is 1.93. The number of aromatic amines is 1. The van der Waals surface area contributed by atoms with Gasteiger partial charge in [0, 0.05) is 11.1 Å². The third-order valence-corrected chi connectivity index (χ3v) is 2.67. The van der Waals surface area contributed by atoms with E-state index < -0.39 is 0 Å². The number of H-pyrrole nitrogens is 1. The lowest BCUT2D eigenvalue weighted by molar-refractivity contribution is 1.11. The van der Waals surface area contributed by atoms with Crippen LogP contribution in [0.4, 0.5) is 0 Å². The Morgan fingerprint density at radius 3 is 2.80 bits per heavy atom. The Balaban J connectivity index is 3.49. The van der Waals surface area contributed by atoms with Crippen LogP contribution in [0.2, 0.25) is 0 Å². The molecule has 54 valence electrons. The molecule has 0 spiro atoms. The molecule has 0 saturated carbocycles. The van der Waals surface area contributed by atoms with Crippen molar-refractivity contribution in [3.8, 4) is 0 Å². The van der Waals surface area contributed by atoms with E-state index in [-0.39, 0.29) is 5.56 Å². The van der Waals surface area contributed by atoms with Gasteiger partial charge >= 0.3 is 0 Å². The van der Waals surface area contributed by atoms with E-state index >= 15 is 0 Å². The van der Waals surface area contributed by atoms with Gasteiger partial charge in [-0.3, -0.25) is 4.79 Å². The molecule has 1 rings (SSSR count). The normalized spacial score (nSPS) is 9.90. The molecule has 0 aromatic carbocycles. The van der Waals surface area contributed by atoms with Crippen LogP contribution in [0.3, 0.4) is 0 Å². The standard InChI is InChI=1S/C6H6BrNOS/c1-3-4(10)2-8-6(9)5(3)7/h2,10H,1H3,(H,8,9). The summed E-state index contributed by atoms with van der Waals surface area (Å²) in [6, 6.07) is 0. The highest BCUT2D eigenvalue weighted by atomic mass is 79.9. The lowest BCUT2D eigenvalue weighted by Gasteiger charge is -1.97. The van der Waals surface area contributed by atoms with Crippen molar-refractivity contribution in [2.45, 2.75) is 11.8 Å². The minimum Gasteiger partial charge on any atom is -0.327 e. The van der Waals surface area contributed by atoms with Gasteiger partial charge in [-0.15, -0.1) is 12.6 Å². The van der Waals surface area contributed by atoms with Crippen LogP contribution in [0.5, 0.6) is 0 Å². The lowest BCUT2D eigenvalue weighted by Crippen LogP contribution is -2.07. The van der Waals surface area contributed by atoms with E-state index in [2.05, 4.69) is 33.5 Å². The van der Waals surface area contributed by atoms with Gasteiger partial charge in [0.05, 0.1) is 4.47 Å². The molecule has 1 aromatic heterocycles. The lowest BCUT2D eigenvalue weighted by atomic mass is 10.3. The molecule has 10 heavy (non-hydrogen) atoms. The van der Waals surface area contributed by atoms with Gasteiger partial charge in [0.15, 0.2) is 0 Å². The third-order valence-electron chi connectivity index (χ3n) is 1.25. The zero-order chi connectivity index (χ0) is 7.72. The van der Waals surface area contributed by atoms with Crippen LogP contribution in [-0.2, 0) is 0 Å². The van der Waals surface area contributed by atoms with Crippen LogP contribution in [0.15, 0.2) is 20.4 Å². The maximum atomic E-state index is 10.9. The van der Waals surface area contributed by atoms with Gasteiger partial charge in [-0.05, 0) is 28.4 Å². The molecule has 2 nitrogen and oxygen atoms in total. The van der Waals surface area contributed by atoms with Crippen molar-refractivity contribution in [1.82, 2.24) is 4.98 Å². The molecule has 0 bridgehead atoms. The summed E-state index contributed by atoms with van der Waals surface area (Å²) in [4.78, 5) is 14.2. The fourth-order valence-electron chi connectivity index (χ4n) is 0.588. The second-order valence-electron chi connectivity index (χ2n) is 1.94. The predicted molar refractivity (Wildman–Crippen MR) is 46.8 cm³/mol. The van der Waals surface area contributed by atoms with Gasteiger partial charge in [0.25, 0.3) is 5.56 Å². The molecular formula is C6H6BrNOS. The minimum atomic E-state index is -0.115. The highest BCUT2D eigenvalue weighted by Crippen LogP contribution is 2.16. The monoisotopic (exact) mass is 219 g/mol. The fourth-order valence-corrected chi connectivity index (χ4v) is 1.25. The van der Waals surface area contributed by atoms with Crippen molar-refractivity contribution in [1.29, 1.82) is 0 Å². The highest BCUT2D eigenvalue weighted by molar-refractivity contribution is 9.10. The zero-order valence-electron chi connectivity index (χ0n) is 5.31. The van der Waals surface area contributed by atoms with Gasteiger partial charge < -0.3 is 4.98 Å². The molecule has 0 saturated heterocycles.